The fourth-order valence-electron chi connectivity index (χ4n) is 2.91. The van der Waals surface area contributed by atoms with Crippen molar-refractivity contribution in [1.29, 1.82) is 0 Å². The Kier molecular flexibility index (Phi) is 5.60. The normalized spacial score (nSPS) is 15.0. The van der Waals surface area contributed by atoms with E-state index in [0.29, 0.717) is 34.3 Å². The molecular formula is C18H19ClN2O3S. The lowest BCUT2D eigenvalue weighted by atomic mass is 10.0. The summed E-state index contributed by atoms with van der Waals surface area (Å²) in [5, 5.41) is 5.43. The highest BCUT2D eigenvalue weighted by molar-refractivity contribution is 7.12. The lowest BCUT2D eigenvalue weighted by molar-refractivity contribution is 0.0695. The van der Waals surface area contributed by atoms with Crippen molar-refractivity contribution in [1.82, 2.24) is 10.2 Å². The molecule has 5 nitrogen and oxygen atoms in total. The van der Waals surface area contributed by atoms with Crippen LogP contribution in [0.15, 0.2) is 35.7 Å². The maximum Gasteiger partial charge on any atom is 0.261 e. The van der Waals surface area contributed by atoms with Gasteiger partial charge in [-0.15, -0.1) is 11.3 Å². The topological polar surface area (TPSA) is 58.6 Å². The molecule has 0 saturated carbocycles. The highest BCUT2D eigenvalue weighted by Crippen LogP contribution is 2.25. The third-order valence-corrected chi connectivity index (χ3v) is 5.36. The van der Waals surface area contributed by atoms with Gasteiger partial charge in [0.15, 0.2) is 0 Å². The SMILES string of the molecule is COc1ccc(Cl)cc1C(=O)N1CCC(NC(=O)c2cccs2)CC1. The molecule has 2 aromatic rings. The van der Waals surface area contributed by atoms with Crippen LogP contribution < -0.4 is 10.1 Å². The molecule has 1 aromatic heterocycles. The Hall–Kier alpha value is -2.05. The van der Waals surface area contributed by atoms with E-state index in [1.165, 1.54) is 18.4 Å². The van der Waals surface area contributed by atoms with Gasteiger partial charge in [-0.3, -0.25) is 9.59 Å². The van der Waals surface area contributed by atoms with Crippen molar-refractivity contribution in [3.8, 4) is 5.75 Å². The second kappa shape index (κ2) is 7.89. The van der Waals surface area contributed by atoms with Crippen molar-refractivity contribution in [2.45, 2.75) is 18.9 Å². The Morgan fingerprint density at radius 1 is 1.28 bits per heavy atom. The van der Waals surface area contributed by atoms with E-state index >= 15 is 0 Å². The van der Waals surface area contributed by atoms with Crippen LogP contribution in [0, 0.1) is 0 Å². The number of likely N-dealkylation sites (tertiary alicyclic amines) is 1. The van der Waals surface area contributed by atoms with Crippen molar-refractivity contribution in [2.24, 2.45) is 0 Å². The Bertz CT molecular complexity index is 756. The summed E-state index contributed by atoms with van der Waals surface area (Å²) in [6, 6.07) is 8.78. The zero-order valence-corrected chi connectivity index (χ0v) is 15.4. The van der Waals surface area contributed by atoms with Crippen LogP contribution in [0.1, 0.15) is 32.9 Å². The number of nitrogens with one attached hydrogen (secondary N) is 1. The molecule has 132 valence electrons. The third kappa shape index (κ3) is 4.14. The van der Waals surface area contributed by atoms with Crippen LogP contribution in [0.5, 0.6) is 5.75 Å². The zero-order valence-electron chi connectivity index (χ0n) is 13.8. The number of amides is 2. The van der Waals surface area contributed by atoms with Gasteiger partial charge in [0.25, 0.3) is 11.8 Å². The summed E-state index contributed by atoms with van der Waals surface area (Å²) in [5.41, 5.74) is 0.469. The summed E-state index contributed by atoms with van der Waals surface area (Å²) in [5.74, 6) is 0.376. The van der Waals surface area contributed by atoms with Crippen LogP contribution in [-0.2, 0) is 0 Å². The molecule has 1 aliphatic rings. The number of rotatable bonds is 4. The van der Waals surface area contributed by atoms with Crippen LogP contribution in [0.3, 0.4) is 0 Å². The molecule has 1 aromatic carbocycles. The van der Waals surface area contributed by atoms with Crippen molar-refractivity contribution in [3.05, 3.63) is 51.2 Å². The van der Waals surface area contributed by atoms with Gasteiger partial charge in [-0.25, -0.2) is 0 Å². The van der Waals surface area contributed by atoms with Gasteiger partial charge in [-0.2, -0.15) is 0 Å². The number of methoxy groups -OCH3 is 1. The van der Waals surface area contributed by atoms with Gasteiger partial charge in [-0.05, 0) is 42.5 Å². The first-order valence-electron chi connectivity index (χ1n) is 8.05. The molecule has 1 N–H and O–H groups in total. The number of hydrogen-bond donors (Lipinski definition) is 1. The van der Waals surface area contributed by atoms with E-state index in [2.05, 4.69) is 5.32 Å². The maximum absolute atomic E-state index is 12.7. The van der Waals surface area contributed by atoms with Gasteiger partial charge in [0.05, 0.1) is 17.6 Å². The molecule has 2 amide bonds. The fraction of sp³-hybridized carbons (Fsp3) is 0.333. The predicted octanol–water partition coefficient (Wildman–Crippen LogP) is 3.44. The minimum atomic E-state index is -0.0950. The quantitative estimate of drug-likeness (QED) is 0.886. The first kappa shape index (κ1) is 17.8. The number of benzene rings is 1. The average molecular weight is 379 g/mol. The number of thiophene rings is 1. The van der Waals surface area contributed by atoms with Gasteiger partial charge in [0.1, 0.15) is 5.75 Å². The standard InChI is InChI=1S/C18H19ClN2O3S/c1-24-15-5-4-12(19)11-14(15)18(23)21-8-6-13(7-9-21)20-17(22)16-3-2-10-25-16/h2-5,10-11,13H,6-9H2,1H3,(H,20,22). The number of carbonyl (C=O) groups excluding carboxylic acids is 2. The Balaban J connectivity index is 1.59. The number of piperidine rings is 1. The summed E-state index contributed by atoms with van der Waals surface area (Å²) in [4.78, 5) is 27.4. The first-order valence-corrected chi connectivity index (χ1v) is 9.31. The minimum absolute atomic E-state index is 0.0451. The number of ether oxygens (including phenoxy) is 1. The summed E-state index contributed by atoms with van der Waals surface area (Å²) < 4.78 is 5.27. The molecule has 25 heavy (non-hydrogen) atoms. The van der Waals surface area contributed by atoms with E-state index in [-0.39, 0.29) is 17.9 Å². The van der Waals surface area contributed by atoms with E-state index in [1.807, 2.05) is 17.5 Å². The van der Waals surface area contributed by atoms with Crippen molar-refractivity contribution >= 4 is 34.8 Å². The molecule has 0 spiro atoms. The molecule has 3 rings (SSSR count). The Morgan fingerprint density at radius 2 is 2.04 bits per heavy atom. The van der Waals surface area contributed by atoms with Gasteiger partial charge in [0.2, 0.25) is 0 Å². The van der Waals surface area contributed by atoms with Gasteiger partial charge in [0, 0.05) is 24.2 Å². The fourth-order valence-corrected chi connectivity index (χ4v) is 3.71. The molecule has 0 bridgehead atoms. The van der Waals surface area contributed by atoms with Crippen LogP contribution in [0.4, 0.5) is 0 Å². The lowest BCUT2D eigenvalue weighted by Gasteiger charge is -2.32. The van der Waals surface area contributed by atoms with Crippen LogP contribution >= 0.6 is 22.9 Å². The summed E-state index contributed by atoms with van der Waals surface area (Å²) in [6.45, 7) is 1.17. The van der Waals surface area contributed by atoms with E-state index in [4.69, 9.17) is 16.3 Å². The maximum atomic E-state index is 12.7. The first-order chi connectivity index (χ1) is 12.1. The highest BCUT2D eigenvalue weighted by Gasteiger charge is 2.26. The van der Waals surface area contributed by atoms with Crippen molar-refractivity contribution in [2.75, 3.05) is 20.2 Å². The van der Waals surface area contributed by atoms with E-state index in [1.54, 1.807) is 23.1 Å². The van der Waals surface area contributed by atoms with Crippen molar-refractivity contribution < 1.29 is 14.3 Å². The largest absolute Gasteiger partial charge is 0.496 e. The number of nitrogens with zero attached hydrogens (tertiary/aromatic N) is 1. The summed E-state index contributed by atoms with van der Waals surface area (Å²) in [7, 11) is 1.53. The van der Waals surface area contributed by atoms with Crippen molar-refractivity contribution in [3.63, 3.8) is 0 Å². The van der Waals surface area contributed by atoms with Crippen LogP contribution in [0.25, 0.3) is 0 Å². The lowest BCUT2D eigenvalue weighted by Crippen LogP contribution is -2.46. The van der Waals surface area contributed by atoms with E-state index < -0.39 is 0 Å². The molecule has 0 unspecified atom stereocenters. The molecule has 7 heteroatoms. The number of halogens is 1. The Morgan fingerprint density at radius 3 is 2.68 bits per heavy atom. The summed E-state index contributed by atoms with van der Waals surface area (Å²) in [6.07, 6.45) is 1.46. The van der Waals surface area contributed by atoms with Crippen LogP contribution in [0.2, 0.25) is 5.02 Å². The second-order valence-electron chi connectivity index (χ2n) is 5.86. The molecule has 0 aliphatic carbocycles. The molecule has 0 atom stereocenters. The molecule has 2 heterocycles. The average Bonchev–Trinajstić information content (AvgIpc) is 3.16. The van der Waals surface area contributed by atoms with Gasteiger partial charge in [-0.1, -0.05) is 17.7 Å². The highest BCUT2D eigenvalue weighted by atomic mass is 35.5. The van der Waals surface area contributed by atoms with Gasteiger partial charge >= 0.3 is 0 Å². The van der Waals surface area contributed by atoms with E-state index in [0.717, 1.165) is 12.8 Å². The second-order valence-corrected chi connectivity index (χ2v) is 7.25. The molecule has 1 saturated heterocycles. The Labute approximate surface area is 155 Å². The van der Waals surface area contributed by atoms with E-state index in [9.17, 15) is 9.59 Å². The predicted molar refractivity (Wildman–Crippen MR) is 98.7 cm³/mol. The molecule has 0 radical (unpaired) electrons. The third-order valence-electron chi connectivity index (χ3n) is 4.25. The summed E-state index contributed by atoms with van der Waals surface area (Å²) >= 11 is 7.44. The number of hydrogen-bond acceptors (Lipinski definition) is 4. The minimum Gasteiger partial charge on any atom is -0.496 e. The molecule has 1 fully saturated rings. The zero-order chi connectivity index (χ0) is 17.8. The van der Waals surface area contributed by atoms with Gasteiger partial charge < -0.3 is 15.0 Å². The molecular weight excluding hydrogens is 360 g/mol. The van der Waals surface area contributed by atoms with Crippen LogP contribution in [-0.4, -0.2) is 43.0 Å². The number of carbonyl (C=O) groups is 2. The smallest absolute Gasteiger partial charge is 0.261 e. The molecule has 1 aliphatic heterocycles. The monoisotopic (exact) mass is 378 g/mol.